The summed E-state index contributed by atoms with van der Waals surface area (Å²) in [6.45, 7) is 3.13. The molecule has 1 heterocycles. The molecule has 0 radical (unpaired) electrons. The van der Waals surface area contributed by atoms with Crippen LogP contribution >= 0.6 is 23.2 Å². The molecule has 1 aromatic carbocycles. The maximum atomic E-state index is 15.5. The van der Waals surface area contributed by atoms with Crippen molar-refractivity contribution >= 4 is 35.1 Å². The Morgan fingerprint density at radius 1 is 1.27 bits per heavy atom. The number of ether oxygens (including phenoxy) is 3. The van der Waals surface area contributed by atoms with E-state index in [0.29, 0.717) is 48.5 Å². The molecule has 11 heteroatoms. The zero-order valence-electron chi connectivity index (χ0n) is 17.3. The number of carboxylic acid groups (broad SMARTS) is 1. The molecule has 8 nitrogen and oxygen atoms in total. The minimum absolute atomic E-state index is 0. The van der Waals surface area contributed by atoms with Gasteiger partial charge in [-0.3, -0.25) is 9.69 Å². The lowest BCUT2D eigenvalue weighted by molar-refractivity contribution is -0.160. The lowest BCUT2D eigenvalue weighted by Crippen LogP contribution is -2.60. The van der Waals surface area contributed by atoms with Crippen molar-refractivity contribution in [1.29, 1.82) is 0 Å². The Labute approximate surface area is 202 Å². The van der Waals surface area contributed by atoms with Crippen LogP contribution in [0.4, 0.5) is 4.39 Å². The lowest BCUT2D eigenvalue weighted by Gasteiger charge is -2.32. The van der Waals surface area contributed by atoms with Gasteiger partial charge < -0.3 is 25.1 Å². The highest BCUT2D eigenvalue weighted by Gasteiger charge is 2.85. The van der Waals surface area contributed by atoms with Gasteiger partial charge in [0.15, 0.2) is 0 Å². The first-order valence-electron chi connectivity index (χ1n) is 10.4. The summed E-state index contributed by atoms with van der Waals surface area (Å²) in [5.74, 6) is -4.54. The molecular formula is C22H29Cl2FN2O6. The van der Waals surface area contributed by atoms with Crippen LogP contribution in [0, 0.1) is 11.8 Å². The van der Waals surface area contributed by atoms with E-state index in [1.807, 2.05) is 4.90 Å². The Morgan fingerprint density at radius 3 is 2.61 bits per heavy atom. The zero-order valence-corrected chi connectivity index (χ0v) is 18.8. The molecule has 0 bridgehead atoms. The molecule has 2 aliphatic carbocycles. The third-order valence-corrected chi connectivity index (χ3v) is 7.40. The van der Waals surface area contributed by atoms with Gasteiger partial charge in [-0.1, -0.05) is 36.7 Å². The van der Waals surface area contributed by atoms with Gasteiger partial charge in [0, 0.05) is 31.5 Å². The molecular weight excluding hydrogens is 478 g/mol. The van der Waals surface area contributed by atoms with E-state index in [-0.39, 0.29) is 27.1 Å². The lowest BCUT2D eigenvalue weighted by atomic mass is 9.88. The first-order chi connectivity index (χ1) is 15.2. The van der Waals surface area contributed by atoms with E-state index in [1.165, 1.54) is 0 Å². The normalized spacial score (nSPS) is 33.2. The number of halogens is 3. The van der Waals surface area contributed by atoms with Crippen LogP contribution in [0.25, 0.3) is 0 Å². The minimum atomic E-state index is -2.42. The van der Waals surface area contributed by atoms with Crippen LogP contribution < -0.4 is 5.73 Å². The number of morpholine rings is 1. The van der Waals surface area contributed by atoms with Crippen molar-refractivity contribution in [3.8, 4) is 0 Å². The van der Waals surface area contributed by atoms with Crippen LogP contribution in [0.15, 0.2) is 18.2 Å². The van der Waals surface area contributed by atoms with Gasteiger partial charge in [0.25, 0.3) is 0 Å². The number of benzene rings is 1. The Morgan fingerprint density at radius 2 is 1.97 bits per heavy atom. The summed E-state index contributed by atoms with van der Waals surface area (Å²) in [5, 5.41) is 10.5. The number of aliphatic carboxylic acids is 1. The van der Waals surface area contributed by atoms with Crippen LogP contribution in [-0.2, 0) is 30.4 Å². The first-order valence-corrected chi connectivity index (χ1v) is 11.2. The second-order valence-electron chi connectivity index (χ2n) is 8.46. The number of carboxylic acids is 1. The van der Waals surface area contributed by atoms with Crippen LogP contribution in [0.1, 0.15) is 19.4 Å². The molecule has 0 amide bonds. The highest BCUT2D eigenvalue weighted by Crippen LogP contribution is 2.67. The molecule has 2 saturated carbocycles. The number of alkyl halides is 1. The van der Waals surface area contributed by atoms with E-state index in [4.69, 9.17) is 43.1 Å². The molecule has 0 spiro atoms. The molecule has 0 aromatic heterocycles. The second kappa shape index (κ2) is 10.0. The Balaban J connectivity index is 0.00000306. The first kappa shape index (κ1) is 26.1. The maximum absolute atomic E-state index is 15.5. The molecule has 4 rings (SSSR count). The number of carbonyl (C=O) groups is 2. The van der Waals surface area contributed by atoms with Crippen LogP contribution in [0.5, 0.6) is 0 Å². The fourth-order valence-corrected chi connectivity index (χ4v) is 5.14. The van der Waals surface area contributed by atoms with E-state index < -0.39 is 41.1 Å². The predicted molar refractivity (Wildman–Crippen MR) is 120 cm³/mol. The zero-order chi connectivity index (χ0) is 23.1. The van der Waals surface area contributed by atoms with Gasteiger partial charge in [0.05, 0.1) is 36.0 Å². The van der Waals surface area contributed by atoms with Gasteiger partial charge in [-0.2, -0.15) is 0 Å². The highest BCUT2D eigenvalue weighted by molar-refractivity contribution is 6.42. The predicted octanol–water partition coefficient (Wildman–Crippen LogP) is 2.53. The van der Waals surface area contributed by atoms with Crippen molar-refractivity contribution in [2.75, 3.05) is 39.5 Å². The standard InChI is InChI=1S/C21H25Cl2FN2O6.CH4/c22-14-2-1-12(9-15(14)23)11-32-16-10-13-17(21(16,25)18(27)28)20(13,24)19(29)31-8-5-26-3-6-30-7-4-26;/h1-2,9,13,16-17H,3-8,10-11,25H2,(H,27,28);1H4/t13-,16-,17+,20-,21+;/m1./s1. The van der Waals surface area contributed by atoms with E-state index >= 15 is 4.39 Å². The molecule has 1 aromatic rings. The number of carbonyl (C=O) groups excluding carboxylic acids is 1. The van der Waals surface area contributed by atoms with E-state index in [1.54, 1.807) is 18.2 Å². The van der Waals surface area contributed by atoms with Gasteiger partial charge in [-0.15, -0.1) is 0 Å². The third-order valence-electron chi connectivity index (χ3n) is 6.66. The molecule has 33 heavy (non-hydrogen) atoms. The number of rotatable bonds is 8. The van der Waals surface area contributed by atoms with Crippen molar-refractivity contribution in [3.05, 3.63) is 33.8 Å². The van der Waals surface area contributed by atoms with Crippen molar-refractivity contribution in [3.63, 3.8) is 0 Å². The maximum Gasteiger partial charge on any atom is 0.344 e. The minimum Gasteiger partial charge on any atom is -0.480 e. The number of hydrogen-bond acceptors (Lipinski definition) is 7. The van der Waals surface area contributed by atoms with E-state index in [9.17, 15) is 14.7 Å². The van der Waals surface area contributed by atoms with Crippen molar-refractivity contribution in [2.24, 2.45) is 17.6 Å². The molecule has 1 saturated heterocycles. The molecule has 0 unspecified atom stereocenters. The Hall–Kier alpha value is -1.49. The summed E-state index contributed by atoms with van der Waals surface area (Å²) in [7, 11) is 0. The van der Waals surface area contributed by atoms with Crippen LogP contribution in [0.3, 0.4) is 0 Å². The molecule has 5 atom stereocenters. The number of nitrogens with two attached hydrogens (primary N) is 1. The van der Waals surface area contributed by atoms with Gasteiger partial charge >= 0.3 is 11.9 Å². The fourth-order valence-electron chi connectivity index (χ4n) is 4.82. The SMILES string of the molecule is C.N[C@]1(C(=O)O)[C@H]2[C@@H](C[C@H]1OCc1ccc(Cl)c(Cl)c1)[C@]2(F)C(=O)OCCN1CCOCC1. The number of nitrogens with zero attached hydrogens (tertiary/aromatic N) is 1. The summed E-state index contributed by atoms with van der Waals surface area (Å²) in [6, 6.07) is 4.89. The summed E-state index contributed by atoms with van der Waals surface area (Å²) >= 11 is 11.9. The average molecular weight is 507 g/mol. The van der Waals surface area contributed by atoms with Crippen LogP contribution in [-0.4, -0.2) is 78.7 Å². The quantitative estimate of drug-likeness (QED) is 0.517. The van der Waals surface area contributed by atoms with Crippen molar-refractivity contribution in [2.45, 2.75) is 37.8 Å². The van der Waals surface area contributed by atoms with E-state index in [2.05, 4.69) is 0 Å². The van der Waals surface area contributed by atoms with E-state index in [0.717, 1.165) is 0 Å². The number of esters is 1. The van der Waals surface area contributed by atoms with Crippen LogP contribution in [0.2, 0.25) is 10.0 Å². The molecule has 3 aliphatic rings. The van der Waals surface area contributed by atoms with Gasteiger partial charge in [0.2, 0.25) is 5.67 Å². The summed E-state index contributed by atoms with van der Waals surface area (Å²) in [6.07, 6.45) is -0.960. The van der Waals surface area contributed by atoms with Crippen molar-refractivity contribution in [1.82, 2.24) is 4.90 Å². The summed E-state index contributed by atoms with van der Waals surface area (Å²) in [4.78, 5) is 26.6. The molecule has 3 fully saturated rings. The largest absolute Gasteiger partial charge is 0.480 e. The average Bonchev–Trinajstić information content (AvgIpc) is 3.24. The number of hydrogen-bond donors (Lipinski definition) is 2. The summed E-state index contributed by atoms with van der Waals surface area (Å²) < 4.78 is 31.7. The molecule has 184 valence electrons. The van der Waals surface area contributed by atoms with Gasteiger partial charge in [0.1, 0.15) is 12.1 Å². The monoisotopic (exact) mass is 506 g/mol. The fraction of sp³-hybridized carbons (Fsp3) is 0.636. The number of fused-ring (bicyclic) bond motifs is 1. The molecule has 3 N–H and O–H groups in total. The summed E-state index contributed by atoms with van der Waals surface area (Å²) in [5.41, 5.74) is 2.38. The Kier molecular flexibility index (Phi) is 7.93. The van der Waals surface area contributed by atoms with Crippen molar-refractivity contribution < 1.29 is 33.3 Å². The smallest absolute Gasteiger partial charge is 0.344 e. The topological polar surface area (TPSA) is 111 Å². The second-order valence-corrected chi connectivity index (χ2v) is 9.28. The van der Waals surface area contributed by atoms with Gasteiger partial charge in [-0.25, -0.2) is 9.18 Å². The van der Waals surface area contributed by atoms with Gasteiger partial charge in [-0.05, 0) is 24.1 Å². The highest BCUT2D eigenvalue weighted by atomic mass is 35.5. The Bertz CT molecular complexity index is 902. The molecule has 1 aliphatic heterocycles. The third kappa shape index (κ3) is 4.72.